The quantitative estimate of drug-likeness (QED) is 0.911. The molecular formula is C17H22N4O2. The minimum absolute atomic E-state index is 0.131. The van der Waals surface area contributed by atoms with Crippen LogP contribution in [0.25, 0.3) is 0 Å². The molecule has 1 aliphatic heterocycles. The Labute approximate surface area is 136 Å². The van der Waals surface area contributed by atoms with Gasteiger partial charge in [0, 0.05) is 38.3 Å². The molecule has 1 N–H and O–H groups in total. The zero-order chi connectivity index (χ0) is 16.4. The van der Waals surface area contributed by atoms with Crippen molar-refractivity contribution in [3.05, 3.63) is 41.6 Å². The summed E-state index contributed by atoms with van der Waals surface area (Å²) in [6.07, 6.45) is 0.510. The monoisotopic (exact) mass is 314 g/mol. The Morgan fingerprint density at radius 2 is 2.09 bits per heavy atom. The third kappa shape index (κ3) is 3.07. The molecule has 1 unspecified atom stereocenters. The summed E-state index contributed by atoms with van der Waals surface area (Å²) in [5, 5.41) is 7.84. The first-order valence-corrected chi connectivity index (χ1v) is 7.75. The van der Waals surface area contributed by atoms with Gasteiger partial charge in [-0.05, 0) is 19.1 Å². The van der Waals surface area contributed by atoms with Crippen LogP contribution >= 0.6 is 0 Å². The first kappa shape index (κ1) is 15.6. The average Bonchev–Trinajstić information content (AvgIpc) is 3.05. The van der Waals surface area contributed by atoms with Crippen molar-refractivity contribution in [2.75, 3.05) is 18.6 Å². The van der Waals surface area contributed by atoms with Gasteiger partial charge in [0.2, 0.25) is 11.8 Å². The Morgan fingerprint density at radius 1 is 1.35 bits per heavy atom. The lowest BCUT2D eigenvalue weighted by Gasteiger charge is -2.17. The van der Waals surface area contributed by atoms with Crippen LogP contribution in [-0.2, 0) is 18.4 Å². The molecule has 1 atom stereocenters. The lowest BCUT2D eigenvalue weighted by molar-refractivity contribution is -0.117. The number of carbonyl (C=O) groups excluding carboxylic acids is 1. The van der Waals surface area contributed by atoms with Gasteiger partial charge in [0.05, 0.1) is 18.4 Å². The minimum Gasteiger partial charge on any atom is -0.481 e. The summed E-state index contributed by atoms with van der Waals surface area (Å²) in [6, 6.07) is 9.92. The Kier molecular flexibility index (Phi) is 4.34. The molecule has 1 aliphatic rings. The predicted octanol–water partition coefficient (Wildman–Crippen LogP) is 1.63. The molecule has 0 saturated carbocycles. The fourth-order valence-electron chi connectivity index (χ4n) is 3.09. The minimum atomic E-state index is 0.131. The number of carbonyl (C=O) groups is 1. The van der Waals surface area contributed by atoms with Gasteiger partial charge >= 0.3 is 0 Å². The van der Waals surface area contributed by atoms with Crippen molar-refractivity contribution in [3.8, 4) is 5.88 Å². The van der Waals surface area contributed by atoms with Crippen LogP contribution in [0.4, 0.5) is 5.69 Å². The van der Waals surface area contributed by atoms with Crippen molar-refractivity contribution in [3.63, 3.8) is 0 Å². The van der Waals surface area contributed by atoms with Crippen LogP contribution in [0.2, 0.25) is 0 Å². The molecule has 0 spiro atoms. The van der Waals surface area contributed by atoms with E-state index in [4.69, 9.17) is 4.74 Å². The number of amides is 1. The predicted molar refractivity (Wildman–Crippen MR) is 88.5 cm³/mol. The van der Waals surface area contributed by atoms with Crippen molar-refractivity contribution in [1.29, 1.82) is 0 Å². The molecule has 1 aromatic carbocycles. The average molecular weight is 314 g/mol. The zero-order valence-electron chi connectivity index (χ0n) is 13.7. The van der Waals surface area contributed by atoms with E-state index in [1.807, 2.05) is 49.2 Å². The Bertz CT molecular complexity index is 696. The molecule has 0 bridgehead atoms. The highest BCUT2D eigenvalue weighted by Gasteiger charge is 2.30. The van der Waals surface area contributed by atoms with Crippen molar-refractivity contribution in [2.45, 2.75) is 25.9 Å². The van der Waals surface area contributed by atoms with Crippen LogP contribution in [0, 0.1) is 6.92 Å². The fraction of sp³-hybridized carbons (Fsp3) is 0.412. The number of rotatable bonds is 5. The normalized spacial score (nSPS) is 17.8. The first-order chi connectivity index (χ1) is 11.1. The second-order valence-electron chi connectivity index (χ2n) is 5.82. The summed E-state index contributed by atoms with van der Waals surface area (Å²) < 4.78 is 7.15. The largest absolute Gasteiger partial charge is 0.481 e. The van der Waals surface area contributed by atoms with Gasteiger partial charge in [-0.25, -0.2) is 4.68 Å². The van der Waals surface area contributed by atoms with E-state index in [0.717, 1.165) is 22.8 Å². The second kappa shape index (κ2) is 6.42. The Morgan fingerprint density at radius 3 is 2.78 bits per heavy atom. The topological polar surface area (TPSA) is 59.4 Å². The van der Waals surface area contributed by atoms with Gasteiger partial charge in [-0.2, -0.15) is 5.10 Å². The molecule has 1 fully saturated rings. The number of hydrogen-bond donors (Lipinski definition) is 1. The molecule has 3 rings (SSSR count). The second-order valence-corrected chi connectivity index (χ2v) is 5.82. The summed E-state index contributed by atoms with van der Waals surface area (Å²) >= 11 is 0. The molecule has 2 heterocycles. The lowest BCUT2D eigenvalue weighted by Crippen LogP contribution is -2.32. The molecular weight excluding hydrogens is 292 g/mol. The molecule has 0 radical (unpaired) electrons. The van der Waals surface area contributed by atoms with Gasteiger partial charge in [-0.3, -0.25) is 4.79 Å². The van der Waals surface area contributed by atoms with E-state index in [0.29, 0.717) is 19.5 Å². The molecule has 0 aliphatic carbocycles. The first-order valence-electron chi connectivity index (χ1n) is 7.75. The van der Waals surface area contributed by atoms with Crippen LogP contribution in [0.3, 0.4) is 0 Å². The third-order valence-corrected chi connectivity index (χ3v) is 4.24. The highest BCUT2D eigenvalue weighted by molar-refractivity contribution is 5.96. The van der Waals surface area contributed by atoms with Crippen LogP contribution < -0.4 is 15.0 Å². The number of ether oxygens (including phenoxy) is 1. The molecule has 23 heavy (non-hydrogen) atoms. The van der Waals surface area contributed by atoms with Gasteiger partial charge in [-0.15, -0.1) is 0 Å². The fourth-order valence-corrected chi connectivity index (χ4v) is 3.09. The Balaban J connectivity index is 1.66. The molecule has 122 valence electrons. The highest BCUT2D eigenvalue weighted by atomic mass is 16.5. The standard InChI is InChI=1S/C17H22N4O2/c1-12-15(17(23-3)20(2)19-12)10-18-13-9-16(22)21(11-13)14-7-5-4-6-8-14/h4-8,13,18H,9-11H2,1-3H3. The van der Waals surface area contributed by atoms with Crippen LogP contribution in [0.5, 0.6) is 5.88 Å². The summed E-state index contributed by atoms with van der Waals surface area (Å²) in [5.41, 5.74) is 2.94. The van der Waals surface area contributed by atoms with Crippen molar-refractivity contribution >= 4 is 11.6 Å². The number of benzene rings is 1. The molecule has 1 amide bonds. The highest BCUT2D eigenvalue weighted by Crippen LogP contribution is 2.23. The van der Waals surface area contributed by atoms with Gasteiger partial charge in [-0.1, -0.05) is 18.2 Å². The van der Waals surface area contributed by atoms with E-state index >= 15 is 0 Å². The van der Waals surface area contributed by atoms with Gasteiger partial charge < -0.3 is 15.0 Å². The molecule has 6 nitrogen and oxygen atoms in total. The maximum atomic E-state index is 12.2. The maximum absolute atomic E-state index is 12.2. The van der Waals surface area contributed by atoms with Crippen molar-refractivity contribution in [2.24, 2.45) is 7.05 Å². The van der Waals surface area contributed by atoms with E-state index in [9.17, 15) is 4.79 Å². The number of hydrogen-bond acceptors (Lipinski definition) is 4. The van der Waals surface area contributed by atoms with E-state index in [1.54, 1.807) is 11.8 Å². The van der Waals surface area contributed by atoms with E-state index < -0.39 is 0 Å². The van der Waals surface area contributed by atoms with Crippen LogP contribution in [0.15, 0.2) is 30.3 Å². The van der Waals surface area contributed by atoms with Crippen molar-refractivity contribution < 1.29 is 9.53 Å². The summed E-state index contributed by atoms with van der Waals surface area (Å²) in [5.74, 6) is 0.919. The summed E-state index contributed by atoms with van der Waals surface area (Å²) in [7, 11) is 3.52. The number of aromatic nitrogens is 2. The van der Waals surface area contributed by atoms with E-state index in [-0.39, 0.29) is 11.9 Å². The van der Waals surface area contributed by atoms with Gasteiger partial charge in [0.25, 0.3) is 0 Å². The molecule has 1 aromatic heterocycles. The smallest absolute Gasteiger partial charge is 0.228 e. The van der Waals surface area contributed by atoms with E-state index in [2.05, 4.69) is 10.4 Å². The molecule has 6 heteroatoms. The van der Waals surface area contributed by atoms with Gasteiger partial charge in [0.15, 0.2) is 0 Å². The lowest BCUT2D eigenvalue weighted by atomic mass is 10.2. The number of para-hydroxylation sites is 1. The maximum Gasteiger partial charge on any atom is 0.228 e. The SMILES string of the molecule is COc1c(CNC2CC(=O)N(c3ccccc3)C2)c(C)nn1C. The summed E-state index contributed by atoms with van der Waals surface area (Å²) in [4.78, 5) is 14.1. The number of nitrogens with one attached hydrogen (secondary N) is 1. The number of nitrogens with zero attached hydrogens (tertiary/aromatic N) is 3. The number of anilines is 1. The van der Waals surface area contributed by atoms with Crippen molar-refractivity contribution in [1.82, 2.24) is 15.1 Å². The Hall–Kier alpha value is -2.34. The number of aryl methyl sites for hydroxylation is 2. The number of methoxy groups -OCH3 is 1. The van der Waals surface area contributed by atoms with Gasteiger partial charge in [0.1, 0.15) is 0 Å². The third-order valence-electron chi connectivity index (χ3n) is 4.24. The zero-order valence-corrected chi connectivity index (χ0v) is 13.7. The summed E-state index contributed by atoms with van der Waals surface area (Å²) in [6.45, 7) is 3.30. The van der Waals surface area contributed by atoms with Crippen LogP contribution in [0.1, 0.15) is 17.7 Å². The molecule has 2 aromatic rings. The van der Waals surface area contributed by atoms with E-state index in [1.165, 1.54) is 0 Å². The molecule has 1 saturated heterocycles. The van der Waals surface area contributed by atoms with Crippen LogP contribution in [-0.4, -0.2) is 35.4 Å².